The van der Waals surface area contributed by atoms with Gasteiger partial charge in [-0.15, -0.1) is 0 Å². The van der Waals surface area contributed by atoms with E-state index in [9.17, 15) is 0 Å². The van der Waals surface area contributed by atoms with Crippen LogP contribution in [0, 0.1) is 0 Å². The molecule has 1 aromatic heterocycles. The van der Waals surface area contributed by atoms with Crippen LogP contribution in [0.3, 0.4) is 0 Å². The highest BCUT2D eigenvalue weighted by atomic mass is 35.5. The van der Waals surface area contributed by atoms with Crippen molar-refractivity contribution in [3.05, 3.63) is 70.7 Å². The molecule has 3 aromatic rings. The predicted molar refractivity (Wildman–Crippen MR) is 105 cm³/mol. The highest BCUT2D eigenvalue weighted by Crippen LogP contribution is 2.40. The fourth-order valence-corrected chi connectivity index (χ4v) is 3.59. The summed E-state index contributed by atoms with van der Waals surface area (Å²) in [6.45, 7) is 0.934. The number of nitrogens with two attached hydrogens (primary N) is 1. The van der Waals surface area contributed by atoms with Crippen LogP contribution in [0.1, 0.15) is 5.56 Å². The van der Waals surface area contributed by atoms with E-state index >= 15 is 0 Å². The average Bonchev–Trinajstić information content (AvgIpc) is 3.32. The number of hydrogen-bond acceptors (Lipinski definition) is 6. The molecule has 2 aromatic carbocycles. The van der Waals surface area contributed by atoms with E-state index in [0.29, 0.717) is 40.3 Å². The quantitative estimate of drug-likeness (QED) is 0.614. The lowest BCUT2D eigenvalue weighted by atomic mass is 10.1. The van der Waals surface area contributed by atoms with Gasteiger partial charge in [0.1, 0.15) is 37.7 Å². The van der Waals surface area contributed by atoms with Crippen molar-refractivity contribution >= 4 is 28.9 Å². The Morgan fingerprint density at radius 1 is 1.21 bits per heavy atom. The van der Waals surface area contributed by atoms with Gasteiger partial charge in [-0.1, -0.05) is 29.3 Å². The summed E-state index contributed by atoms with van der Waals surface area (Å²) in [5, 5.41) is 5.14. The summed E-state index contributed by atoms with van der Waals surface area (Å²) in [5.41, 5.74) is 7.05. The molecule has 0 bridgehead atoms. The van der Waals surface area contributed by atoms with Gasteiger partial charge in [0.05, 0.1) is 11.6 Å². The molecule has 1 aliphatic rings. The van der Waals surface area contributed by atoms with Crippen molar-refractivity contribution < 1.29 is 14.2 Å². The SMILES string of the molecule is Nc1ccc(OC[C@H]2CO[C@@](Cn3cncn3)(c3ccc(Cl)cc3Cl)O2)cc1. The fraction of sp³-hybridized carbons (Fsp3) is 0.263. The van der Waals surface area contributed by atoms with E-state index in [2.05, 4.69) is 10.1 Å². The molecule has 2 atom stereocenters. The van der Waals surface area contributed by atoms with Gasteiger partial charge in [0.15, 0.2) is 0 Å². The monoisotopic (exact) mass is 420 g/mol. The fourth-order valence-electron chi connectivity index (χ4n) is 3.04. The third kappa shape index (κ3) is 4.07. The van der Waals surface area contributed by atoms with Crippen LogP contribution in [0.15, 0.2) is 55.1 Å². The first kappa shape index (κ1) is 19.0. The van der Waals surface area contributed by atoms with E-state index in [1.165, 1.54) is 6.33 Å². The number of nitrogens with zero attached hydrogens (tertiary/aromatic N) is 3. The molecule has 0 saturated carbocycles. The van der Waals surface area contributed by atoms with Crippen molar-refractivity contribution in [3.63, 3.8) is 0 Å². The first-order chi connectivity index (χ1) is 13.5. The lowest BCUT2D eigenvalue weighted by molar-refractivity contribution is -0.190. The second-order valence-electron chi connectivity index (χ2n) is 6.40. The third-order valence-electron chi connectivity index (χ3n) is 4.35. The van der Waals surface area contributed by atoms with Gasteiger partial charge in [-0.25, -0.2) is 9.67 Å². The normalized spacial score (nSPS) is 21.7. The Balaban J connectivity index is 1.54. The zero-order chi connectivity index (χ0) is 19.6. The van der Waals surface area contributed by atoms with Crippen LogP contribution in [-0.4, -0.2) is 34.1 Å². The minimum Gasteiger partial charge on any atom is -0.491 e. The molecule has 2 heterocycles. The van der Waals surface area contributed by atoms with E-state index in [1.807, 2.05) is 12.1 Å². The Bertz CT molecular complexity index is 937. The molecule has 0 amide bonds. The Morgan fingerprint density at radius 2 is 2.04 bits per heavy atom. The maximum absolute atomic E-state index is 6.44. The van der Waals surface area contributed by atoms with Gasteiger partial charge in [-0.2, -0.15) is 5.10 Å². The number of anilines is 1. The van der Waals surface area contributed by atoms with E-state index in [1.54, 1.807) is 41.3 Å². The molecular formula is C19H18Cl2N4O3. The Morgan fingerprint density at radius 3 is 2.75 bits per heavy atom. The van der Waals surface area contributed by atoms with Crippen molar-refractivity contribution in [2.24, 2.45) is 0 Å². The first-order valence-corrected chi connectivity index (χ1v) is 9.38. The van der Waals surface area contributed by atoms with Crippen molar-refractivity contribution in [1.29, 1.82) is 0 Å². The largest absolute Gasteiger partial charge is 0.491 e. The molecule has 0 radical (unpaired) electrons. The van der Waals surface area contributed by atoms with Gasteiger partial charge >= 0.3 is 0 Å². The average molecular weight is 421 g/mol. The minimum atomic E-state index is -1.12. The van der Waals surface area contributed by atoms with Crippen LogP contribution in [0.5, 0.6) is 5.75 Å². The van der Waals surface area contributed by atoms with Gasteiger partial charge in [-0.3, -0.25) is 0 Å². The molecule has 1 fully saturated rings. The summed E-state index contributed by atoms with van der Waals surface area (Å²) in [5.74, 6) is -0.416. The second-order valence-corrected chi connectivity index (χ2v) is 7.24. The van der Waals surface area contributed by atoms with Gasteiger partial charge in [-0.05, 0) is 36.4 Å². The lowest BCUT2D eigenvalue weighted by Gasteiger charge is -2.29. The molecule has 7 nitrogen and oxygen atoms in total. The van der Waals surface area contributed by atoms with Crippen molar-refractivity contribution in [2.45, 2.75) is 18.4 Å². The highest BCUT2D eigenvalue weighted by molar-refractivity contribution is 6.35. The molecule has 4 rings (SSSR count). The minimum absolute atomic E-state index is 0.284. The van der Waals surface area contributed by atoms with Crippen molar-refractivity contribution in [1.82, 2.24) is 14.8 Å². The first-order valence-electron chi connectivity index (χ1n) is 8.62. The van der Waals surface area contributed by atoms with Crippen LogP contribution in [0.25, 0.3) is 0 Å². The molecule has 2 N–H and O–H groups in total. The van der Waals surface area contributed by atoms with Crippen LogP contribution in [-0.2, 0) is 21.8 Å². The van der Waals surface area contributed by atoms with Crippen LogP contribution in [0.4, 0.5) is 5.69 Å². The summed E-state index contributed by atoms with van der Waals surface area (Å²) in [6, 6.07) is 12.4. The Hall–Kier alpha value is -2.32. The van der Waals surface area contributed by atoms with Gasteiger partial charge < -0.3 is 19.9 Å². The van der Waals surface area contributed by atoms with Crippen LogP contribution < -0.4 is 10.5 Å². The molecular weight excluding hydrogens is 403 g/mol. The molecule has 1 saturated heterocycles. The third-order valence-corrected chi connectivity index (χ3v) is 4.90. The van der Waals surface area contributed by atoms with Gasteiger partial charge in [0.25, 0.3) is 0 Å². The second kappa shape index (κ2) is 7.97. The topological polar surface area (TPSA) is 84.4 Å². The smallest absolute Gasteiger partial charge is 0.217 e. The summed E-state index contributed by atoms with van der Waals surface area (Å²) in [4.78, 5) is 3.98. The molecule has 0 unspecified atom stereocenters. The van der Waals surface area contributed by atoms with Crippen LogP contribution in [0.2, 0.25) is 10.0 Å². The number of nitrogen functional groups attached to an aromatic ring is 1. The van der Waals surface area contributed by atoms with Gasteiger partial charge in [0, 0.05) is 16.3 Å². The molecule has 1 aliphatic heterocycles. The summed E-state index contributed by atoms with van der Waals surface area (Å²) < 4.78 is 19.8. The Labute approximate surface area is 171 Å². The number of rotatable bonds is 6. The number of hydrogen-bond donors (Lipinski definition) is 1. The van der Waals surface area contributed by atoms with Gasteiger partial charge in [0.2, 0.25) is 5.79 Å². The lowest BCUT2D eigenvalue weighted by Crippen LogP contribution is -2.35. The van der Waals surface area contributed by atoms with Crippen molar-refractivity contribution in [2.75, 3.05) is 18.9 Å². The number of halogens is 2. The zero-order valence-electron chi connectivity index (χ0n) is 14.8. The summed E-state index contributed by atoms with van der Waals surface area (Å²) in [7, 11) is 0. The van der Waals surface area contributed by atoms with E-state index in [0.717, 1.165) is 0 Å². The van der Waals surface area contributed by atoms with E-state index < -0.39 is 5.79 Å². The molecule has 9 heteroatoms. The molecule has 28 heavy (non-hydrogen) atoms. The predicted octanol–water partition coefficient (Wildman–Crippen LogP) is 3.51. The van der Waals surface area contributed by atoms with E-state index in [-0.39, 0.29) is 12.6 Å². The maximum atomic E-state index is 6.44. The number of aromatic nitrogens is 3. The van der Waals surface area contributed by atoms with Crippen molar-refractivity contribution in [3.8, 4) is 5.75 Å². The van der Waals surface area contributed by atoms with Crippen LogP contribution >= 0.6 is 23.2 Å². The molecule has 0 spiro atoms. The zero-order valence-corrected chi connectivity index (χ0v) is 16.3. The summed E-state index contributed by atoms with van der Waals surface area (Å²) in [6.07, 6.45) is 2.75. The standard InChI is InChI=1S/C19H18Cl2N4O3/c20-13-1-6-17(18(21)7-13)19(10-25-12-23-11-24-25)27-9-16(28-19)8-26-15-4-2-14(22)3-5-15/h1-7,11-12,16H,8-10,22H2/t16-,19+/m0/s1. The Kier molecular flexibility index (Phi) is 5.41. The number of benzene rings is 2. The highest BCUT2D eigenvalue weighted by Gasteiger charge is 2.45. The summed E-state index contributed by atoms with van der Waals surface area (Å²) >= 11 is 12.5. The molecule has 0 aliphatic carbocycles. The van der Waals surface area contributed by atoms with E-state index in [4.69, 9.17) is 43.1 Å². The maximum Gasteiger partial charge on any atom is 0.217 e. The number of ether oxygens (including phenoxy) is 3. The molecule has 146 valence electrons.